The van der Waals surface area contributed by atoms with Gasteiger partial charge in [-0.3, -0.25) is 9.59 Å². The smallest absolute Gasteiger partial charge is 0.261 e. The van der Waals surface area contributed by atoms with Crippen molar-refractivity contribution >= 4 is 23.2 Å². The fraction of sp³-hybridized carbons (Fsp3) is 0.571. The molecule has 0 bridgehead atoms. The van der Waals surface area contributed by atoms with E-state index < -0.39 is 0 Å². The molecule has 1 heterocycles. The van der Waals surface area contributed by atoms with Crippen molar-refractivity contribution in [1.29, 1.82) is 0 Å². The largest absolute Gasteiger partial charge is 0.392 e. The summed E-state index contributed by atoms with van der Waals surface area (Å²) in [6.45, 7) is 4.19. The molecule has 1 aromatic rings. The van der Waals surface area contributed by atoms with Crippen LogP contribution in [0.15, 0.2) is 17.5 Å². The molecule has 110 valence electrons. The number of carbonyl (C=O) groups excluding carboxylic acids is 2. The van der Waals surface area contributed by atoms with Gasteiger partial charge in [-0.15, -0.1) is 11.3 Å². The molecule has 1 aromatic heterocycles. The first-order chi connectivity index (χ1) is 9.41. The van der Waals surface area contributed by atoms with E-state index in [1.165, 1.54) is 11.3 Å². The van der Waals surface area contributed by atoms with Crippen LogP contribution in [0.25, 0.3) is 0 Å². The number of hydrogen-bond acceptors (Lipinski definition) is 4. The van der Waals surface area contributed by atoms with E-state index in [1.807, 2.05) is 25.3 Å². The van der Waals surface area contributed by atoms with Crippen LogP contribution in [0.4, 0.5) is 0 Å². The fourth-order valence-corrected chi connectivity index (χ4v) is 2.84. The molecular weight excluding hydrogens is 276 g/mol. The molecule has 1 fully saturated rings. The van der Waals surface area contributed by atoms with E-state index in [0.29, 0.717) is 17.8 Å². The zero-order valence-electron chi connectivity index (χ0n) is 11.7. The molecule has 1 aliphatic carbocycles. The Kier molecular flexibility index (Phi) is 4.45. The van der Waals surface area contributed by atoms with Crippen molar-refractivity contribution in [3.8, 4) is 0 Å². The van der Waals surface area contributed by atoms with Crippen LogP contribution in [-0.4, -0.2) is 35.6 Å². The number of carbonyl (C=O) groups is 2. The van der Waals surface area contributed by atoms with Gasteiger partial charge in [0.05, 0.1) is 11.0 Å². The third kappa shape index (κ3) is 3.19. The van der Waals surface area contributed by atoms with Crippen molar-refractivity contribution in [3.05, 3.63) is 22.4 Å². The van der Waals surface area contributed by atoms with E-state index in [0.717, 1.165) is 0 Å². The predicted octanol–water partition coefficient (Wildman–Crippen LogP) is 1.14. The van der Waals surface area contributed by atoms with Crippen molar-refractivity contribution in [2.75, 3.05) is 6.54 Å². The van der Waals surface area contributed by atoms with E-state index >= 15 is 0 Å². The number of rotatable bonds is 5. The van der Waals surface area contributed by atoms with Crippen LogP contribution in [-0.2, 0) is 4.79 Å². The number of hydrogen-bond donors (Lipinski definition) is 3. The summed E-state index contributed by atoms with van der Waals surface area (Å²) >= 11 is 1.37. The maximum Gasteiger partial charge on any atom is 0.261 e. The van der Waals surface area contributed by atoms with Gasteiger partial charge in [-0.2, -0.15) is 0 Å². The van der Waals surface area contributed by atoms with Gasteiger partial charge >= 0.3 is 0 Å². The predicted molar refractivity (Wildman–Crippen MR) is 77.6 cm³/mol. The lowest BCUT2D eigenvalue weighted by atomic mass is 9.64. The van der Waals surface area contributed by atoms with Crippen LogP contribution in [0.2, 0.25) is 0 Å². The summed E-state index contributed by atoms with van der Waals surface area (Å²) in [7, 11) is 0. The molecule has 5 nitrogen and oxygen atoms in total. The van der Waals surface area contributed by atoms with Crippen LogP contribution < -0.4 is 10.6 Å². The average molecular weight is 296 g/mol. The highest BCUT2D eigenvalue weighted by Gasteiger charge is 2.47. The van der Waals surface area contributed by atoms with E-state index in [-0.39, 0.29) is 35.8 Å². The third-order valence-electron chi connectivity index (χ3n) is 3.93. The van der Waals surface area contributed by atoms with Gasteiger partial charge in [0.2, 0.25) is 5.91 Å². The molecule has 0 saturated heterocycles. The van der Waals surface area contributed by atoms with Gasteiger partial charge in [0.25, 0.3) is 5.91 Å². The van der Waals surface area contributed by atoms with Gasteiger partial charge in [-0.05, 0) is 17.9 Å². The second-order valence-electron chi connectivity index (χ2n) is 5.68. The monoisotopic (exact) mass is 296 g/mol. The molecule has 20 heavy (non-hydrogen) atoms. The Labute approximate surface area is 122 Å². The first-order valence-corrected chi connectivity index (χ1v) is 7.58. The molecule has 0 radical (unpaired) electrons. The van der Waals surface area contributed by atoms with Crippen LogP contribution in [0, 0.1) is 5.41 Å². The summed E-state index contributed by atoms with van der Waals surface area (Å²) in [6, 6.07) is 3.58. The SMILES string of the molecule is CC1(C)C(O)CC1NC(=O)CCNC(=O)c1cccs1. The topological polar surface area (TPSA) is 78.4 Å². The minimum Gasteiger partial charge on any atom is -0.392 e. The lowest BCUT2D eigenvalue weighted by molar-refractivity contribution is -0.129. The zero-order chi connectivity index (χ0) is 14.8. The molecule has 2 unspecified atom stereocenters. The van der Waals surface area contributed by atoms with Crippen molar-refractivity contribution in [1.82, 2.24) is 10.6 Å². The highest BCUT2D eigenvalue weighted by molar-refractivity contribution is 7.12. The Hall–Kier alpha value is -1.40. The van der Waals surface area contributed by atoms with Crippen molar-refractivity contribution in [2.24, 2.45) is 5.41 Å². The van der Waals surface area contributed by atoms with Gasteiger partial charge in [0, 0.05) is 24.4 Å². The highest BCUT2D eigenvalue weighted by Crippen LogP contribution is 2.40. The summed E-state index contributed by atoms with van der Waals surface area (Å²) in [5.41, 5.74) is -0.268. The first kappa shape index (κ1) is 15.0. The number of amides is 2. The normalized spacial score (nSPS) is 23.8. The number of nitrogens with one attached hydrogen (secondary N) is 2. The van der Waals surface area contributed by atoms with Crippen molar-refractivity contribution in [2.45, 2.75) is 38.8 Å². The Bertz CT molecular complexity index is 485. The molecule has 0 spiro atoms. The molecular formula is C14H20N2O3S. The summed E-state index contributed by atoms with van der Waals surface area (Å²) in [5, 5.41) is 17.1. The van der Waals surface area contributed by atoms with Gasteiger partial charge in [0.1, 0.15) is 0 Å². The molecule has 0 aromatic carbocycles. The molecule has 1 saturated carbocycles. The Balaban J connectivity index is 1.67. The molecule has 3 N–H and O–H groups in total. The minimum atomic E-state index is -0.355. The van der Waals surface area contributed by atoms with Crippen LogP contribution in [0.1, 0.15) is 36.4 Å². The van der Waals surface area contributed by atoms with Crippen LogP contribution in [0.3, 0.4) is 0 Å². The van der Waals surface area contributed by atoms with E-state index in [2.05, 4.69) is 10.6 Å². The number of aliphatic hydroxyl groups is 1. The van der Waals surface area contributed by atoms with Gasteiger partial charge in [0.15, 0.2) is 0 Å². The summed E-state index contributed by atoms with van der Waals surface area (Å²) in [5.74, 6) is -0.242. The Morgan fingerprint density at radius 3 is 2.80 bits per heavy atom. The molecule has 1 aliphatic rings. The maximum absolute atomic E-state index is 11.8. The summed E-state index contributed by atoms with van der Waals surface area (Å²) in [4.78, 5) is 24.1. The molecule has 6 heteroatoms. The van der Waals surface area contributed by atoms with Gasteiger partial charge in [-0.25, -0.2) is 0 Å². The molecule has 2 atom stereocenters. The summed E-state index contributed by atoms with van der Waals surface area (Å²) < 4.78 is 0. The number of aliphatic hydroxyl groups excluding tert-OH is 1. The lowest BCUT2D eigenvalue weighted by Crippen LogP contribution is -2.61. The molecule has 2 rings (SSSR count). The fourth-order valence-electron chi connectivity index (χ4n) is 2.20. The second-order valence-corrected chi connectivity index (χ2v) is 6.62. The van der Waals surface area contributed by atoms with E-state index in [1.54, 1.807) is 6.07 Å². The van der Waals surface area contributed by atoms with E-state index in [4.69, 9.17) is 0 Å². The van der Waals surface area contributed by atoms with Crippen LogP contribution in [0.5, 0.6) is 0 Å². The van der Waals surface area contributed by atoms with Crippen molar-refractivity contribution < 1.29 is 14.7 Å². The highest BCUT2D eigenvalue weighted by atomic mass is 32.1. The van der Waals surface area contributed by atoms with Crippen molar-refractivity contribution in [3.63, 3.8) is 0 Å². The third-order valence-corrected chi connectivity index (χ3v) is 4.80. The van der Waals surface area contributed by atoms with E-state index in [9.17, 15) is 14.7 Å². The standard InChI is InChI=1S/C14H20N2O3S/c1-14(2)10(8-11(14)17)16-12(18)5-6-15-13(19)9-4-3-7-20-9/h3-4,7,10-11,17H,5-6,8H2,1-2H3,(H,15,19)(H,16,18). The maximum atomic E-state index is 11.8. The summed E-state index contributed by atoms with van der Waals surface area (Å²) in [6.07, 6.45) is 0.492. The first-order valence-electron chi connectivity index (χ1n) is 6.70. The van der Waals surface area contributed by atoms with Gasteiger partial charge < -0.3 is 15.7 Å². The van der Waals surface area contributed by atoms with Crippen LogP contribution >= 0.6 is 11.3 Å². The average Bonchev–Trinajstić information content (AvgIpc) is 2.92. The minimum absolute atomic E-state index is 0.0120. The second kappa shape index (κ2) is 5.93. The van der Waals surface area contributed by atoms with Gasteiger partial charge in [-0.1, -0.05) is 19.9 Å². The lowest BCUT2D eigenvalue weighted by Gasteiger charge is -2.49. The molecule has 0 aliphatic heterocycles. The number of thiophene rings is 1. The quantitative estimate of drug-likeness (QED) is 0.762. The molecule has 2 amide bonds. The Morgan fingerprint density at radius 1 is 1.50 bits per heavy atom. The Morgan fingerprint density at radius 2 is 2.25 bits per heavy atom. The zero-order valence-corrected chi connectivity index (χ0v) is 12.5.